The van der Waals surface area contributed by atoms with Gasteiger partial charge in [0.2, 0.25) is 0 Å². The van der Waals surface area contributed by atoms with E-state index < -0.39 is 0 Å². The van der Waals surface area contributed by atoms with Gasteiger partial charge in [0, 0.05) is 44.0 Å². The van der Waals surface area contributed by atoms with Gasteiger partial charge in [0.25, 0.3) is 11.5 Å². The number of pyridine rings is 1. The van der Waals surface area contributed by atoms with Crippen LogP contribution in [-0.4, -0.2) is 41.6 Å². The molecule has 1 aliphatic heterocycles. The molecule has 0 spiro atoms. The van der Waals surface area contributed by atoms with Crippen molar-refractivity contribution in [1.82, 2.24) is 9.47 Å². The third-order valence-electron chi connectivity index (χ3n) is 5.00. The van der Waals surface area contributed by atoms with E-state index in [0.29, 0.717) is 48.0 Å². The summed E-state index contributed by atoms with van der Waals surface area (Å²) in [6.07, 6.45) is 3.30. The third kappa shape index (κ3) is 3.35. The normalized spacial score (nSPS) is 14.6. The quantitative estimate of drug-likeness (QED) is 0.789. The van der Waals surface area contributed by atoms with Gasteiger partial charge >= 0.3 is 0 Å². The lowest BCUT2D eigenvalue weighted by atomic mass is 10.1. The van der Waals surface area contributed by atoms with Gasteiger partial charge in [-0.05, 0) is 18.2 Å². The van der Waals surface area contributed by atoms with Crippen molar-refractivity contribution in [3.8, 4) is 6.07 Å². The average Bonchev–Trinajstić information content (AvgIpc) is 2.74. The molecule has 2 aromatic rings. The Kier molecular flexibility index (Phi) is 5.46. The lowest BCUT2D eigenvalue weighted by Gasteiger charge is -2.36. The Morgan fingerprint density at radius 3 is 2.39 bits per heavy atom. The van der Waals surface area contributed by atoms with E-state index >= 15 is 0 Å². The monoisotopic (exact) mass is 374 g/mol. The smallest absolute Gasteiger partial charge is 0.270 e. The number of hydrogen-bond acceptors (Lipinski definition) is 4. The summed E-state index contributed by atoms with van der Waals surface area (Å²) in [7, 11) is 1.62. The van der Waals surface area contributed by atoms with Crippen LogP contribution in [0.25, 0.3) is 12.7 Å². The summed E-state index contributed by atoms with van der Waals surface area (Å²) in [6, 6.07) is 11.2. The summed E-state index contributed by atoms with van der Waals surface area (Å²) < 4.78 is 1.42. The average molecular weight is 374 g/mol. The molecule has 0 N–H and O–H groups in total. The van der Waals surface area contributed by atoms with E-state index in [-0.39, 0.29) is 17.0 Å². The van der Waals surface area contributed by atoms with E-state index in [2.05, 4.69) is 13.2 Å². The van der Waals surface area contributed by atoms with Gasteiger partial charge in [-0.2, -0.15) is 5.26 Å². The van der Waals surface area contributed by atoms with Crippen LogP contribution in [0, 0.1) is 11.3 Å². The summed E-state index contributed by atoms with van der Waals surface area (Å²) in [5.41, 5.74) is 0.922. The second kappa shape index (κ2) is 7.97. The fourth-order valence-corrected chi connectivity index (χ4v) is 3.52. The van der Waals surface area contributed by atoms with Crippen molar-refractivity contribution in [3.05, 3.63) is 75.0 Å². The predicted molar refractivity (Wildman–Crippen MR) is 110 cm³/mol. The molecule has 1 aromatic heterocycles. The maximum absolute atomic E-state index is 12.6. The van der Waals surface area contributed by atoms with Crippen molar-refractivity contribution >= 4 is 24.2 Å². The second-order valence-corrected chi connectivity index (χ2v) is 6.61. The molecule has 6 heteroatoms. The molecule has 28 heavy (non-hydrogen) atoms. The highest BCUT2D eigenvalue weighted by atomic mass is 16.2. The van der Waals surface area contributed by atoms with Crippen molar-refractivity contribution in [2.24, 2.45) is 7.05 Å². The number of aromatic nitrogens is 1. The zero-order valence-corrected chi connectivity index (χ0v) is 15.9. The van der Waals surface area contributed by atoms with Gasteiger partial charge in [-0.15, -0.1) is 0 Å². The van der Waals surface area contributed by atoms with Crippen LogP contribution in [0.5, 0.6) is 0 Å². The van der Waals surface area contributed by atoms with Gasteiger partial charge in [-0.1, -0.05) is 37.4 Å². The zero-order valence-electron chi connectivity index (χ0n) is 15.9. The minimum Gasteiger partial charge on any atom is -0.366 e. The van der Waals surface area contributed by atoms with Gasteiger partial charge in [0.05, 0.1) is 11.0 Å². The Morgan fingerprint density at radius 1 is 1.18 bits per heavy atom. The third-order valence-corrected chi connectivity index (χ3v) is 5.00. The molecule has 6 nitrogen and oxygen atoms in total. The molecule has 0 radical (unpaired) electrons. The van der Waals surface area contributed by atoms with E-state index in [0.717, 1.165) is 0 Å². The Morgan fingerprint density at radius 2 is 1.82 bits per heavy atom. The Labute approximate surface area is 163 Å². The van der Waals surface area contributed by atoms with Gasteiger partial charge < -0.3 is 14.4 Å². The zero-order chi connectivity index (χ0) is 20.3. The van der Waals surface area contributed by atoms with Crippen LogP contribution in [0.3, 0.4) is 0 Å². The van der Waals surface area contributed by atoms with Crippen molar-refractivity contribution < 1.29 is 4.79 Å². The number of hydrogen-bond donors (Lipinski definition) is 0. The molecule has 0 bridgehead atoms. The largest absolute Gasteiger partial charge is 0.366 e. The van der Waals surface area contributed by atoms with E-state index in [1.807, 2.05) is 29.2 Å². The van der Waals surface area contributed by atoms with Gasteiger partial charge in [-0.3, -0.25) is 9.59 Å². The lowest BCUT2D eigenvalue weighted by molar-refractivity contribution is 0.0746. The Balaban J connectivity index is 1.93. The molecule has 0 saturated carbocycles. The van der Waals surface area contributed by atoms with Gasteiger partial charge in [-0.25, -0.2) is 0 Å². The summed E-state index contributed by atoms with van der Waals surface area (Å²) in [6.45, 7) is 9.87. The first kappa shape index (κ1) is 19.2. The van der Waals surface area contributed by atoms with Crippen LogP contribution in [0.2, 0.25) is 0 Å². The van der Waals surface area contributed by atoms with Crippen LogP contribution < -0.4 is 21.0 Å². The highest BCUT2D eigenvalue weighted by molar-refractivity contribution is 5.94. The van der Waals surface area contributed by atoms with Crippen LogP contribution in [-0.2, 0) is 7.05 Å². The lowest BCUT2D eigenvalue weighted by Crippen LogP contribution is -2.53. The summed E-state index contributed by atoms with van der Waals surface area (Å²) >= 11 is 0. The van der Waals surface area contributed by atoms with Gasteiger partial charge in [0.1, 0.15) is 11.6 Å². The fourth-order valence-electron chi connectivity index (χ4n) is 3.52. The second-order valence-electron chi connectivity index (χ2n) is 6.61. The molecule has 0 atom stereocenters. The maximum atomic E-state index is 12.6. The first-order valence-electron chi connectivity index (χ1n) is 9.03. The van der Waals surface area contributed by atoms with E-state index in [9.17, 15) is 14.9 Å². The standard InChI is InChI=1S/C22H22N4O2/c1-4-8-19-16(2)20(18(15-23)22(28)24(19)3)25-11-13-26(14-12-25)21(27)17-9-6-5-7-10-17/h4-10H,1-2,11-14H2,3H3/b19-8+. The number of allylic oxidation sites excluding steroid dienone is 1. The van der Waals surface area contributed by atoms with Crippen LogP contribution in [0.15, 0.2) is 47.8 Å². The highest BCUT2D eigenvalue weighted by Gasteiger charge is 2.25. The number of nitriles is 1. The van der Waals surface area contributed by atoms with Gasteiger partial charge in [0.15, 0.2) is 0 Å². The molecule has 2 heterocycles. The predicted octanol–water partition coefficient (Wildman–Crippen LogP) is 0.596. The molecular formula is C22H22N4O2. The molecule has 3 rings (SSSR count). The molecule has 1 aromatic carbocycles. The minimum atomic E-state index is -0.360. The van der Waals surface area contributed by atoms with E-state index in [1.165, 1.54) is 4.57 Å². The Bertz CT molecular complexity index is 1120. The summed E-state index contributed by atoms with van der Waals surface area (Å²) in [5, 5.41) is 10.8. The van der Waals surface area contributed by atoms with Crippen molar-refractivity contribution in [1.29, 1.82) is 5.26 Å². The fraction of sp³-hybridized carbons (Fsp3) is 0.227. The molecule has 0 aliphatic carbocycles. The SMILES string of the molecule is C=C/C=c1\c(=C)c(N2CCN(C(=O)c3ccccc3)CC2)c(C#N)c(=O)n1C. The van der Waals surface area contributed by atoms with E-state index in [1.54, 1.807) is 36.2 Å². The van der Waals surface area contributed by atoms with Crippen LogP contribution in [0.1, 0.15) is 15.9 Å². The number of carbonyl (C=O) groups excluding carboxylic acids is 1. The molecule has 142 valence electrons. The molecular weight excluding hydrogens is 352 g/mol. The molecule has 1 amide bonds. The van der Waals surface area contributed by atoms with Crippen LogP contribution >= 0.6 is 0 Å². The number of benzene rings is 1. The number of carbonyl (C=O) groups is 1. The molecule has 1 saturated heterocycles. The highest BCUT2D eigenvalue weighted by Crippen LogP contribution is 2.15. The molecule has 1 aliphatic rings. The Hall–Kier alpha value is -3.59. The van der Waals surface area contributed by atoms with Crippen LogP contribution in [0.4, 0.5) is 5.69 Å². The van der Waals surface area contributed by atoms with Crippen molar-refractivity contribution in [2.75, 3.05) is 31.1 Å². The van der Waals surface area contributed by atoms with Crippen molar-refractivity contribution in [2.45, 2.75) is 0 Å². The van der Waals surface area contributed by atoms with Crippen molar-refractivity contribution in [3.63, 3.8) is 0 Å². The number of anilines is 1. The number of nitrogens with zero attached hydrogens (tertiary/aromatic N) is 4. The number of amides is 1. The molecule has 0 unspecified atom stereocenters. The first-order chi connectivity index (χ1) is 13.5. The first-order valence-corrected chi connectivity index (χ1v) is 9.03. The topological polar surface area (TPSA) is 69.3 Å². The van der Waals surface area contributed by atoms with E-state index in [4.69, 9.17) is 0 Å². The summed E-state index contributed by atoms with van der Waals surface area (Å²) in [5.74, 6) is -0.0136. The maximum Gasteiger partial charge on any atom is 0.270 e. The minimum absolute atomic E-state index is 0.0136. The summed E-state index contributed by atoms with van der Waals surface area (Å²) in [4.78, 5) is 29.0. The number of piperazine rings is 1. The molecule has 1 fully saturated rings. The number of rotatable bonds is 3.